The molecule has 16 heavy (non-hydrogen) atoms. The molecule has 1 aromatic carbocycles. The number of hydrogen-bond donors (Lipinski definition) is 2. The molecule has 4 N–H and O–H groups in total. The van der Waals surface area contributed by atoms with Crippen molar-refractivity contribution in [2.24, 2.45) is 11.5 Å². The molecular weight excluding hydrogens is 208 g/mol. The lowest BCUT2D eigenvalue weighted by Crippen LogP contribution is -2.21. The Bertz CT molecular complexity index is 355. The zero-order valence-corrected chi connectivity index (χ0v) is 9.82. The van der Waals surface area contributed by atoms with Crippen molar-refractivity contribution in [2.45, 2.75) is 6.04 Å². The molecule has 5 heteroatoms. The summed E-state index contributed by atoms with van der Waals surface area (Å²) in [6, 6.07) is 3.24. The molecule has 0 aliphatic carbocycles. The van der Waals surface area contributed by atoms with E-state index in [1.807, 2.05) is 0 Å². The van der Waals surface area contributed by atoms with Gasteiger partial charge in [0.25, 0.3) is 0 Å². The smallest absolute Gasteiger partial charge is 0.164 e. The highest BCUT2D eigenvalue weighted by Gasteiger charge is 2.15. The van der Waals surface area contributed by atoms with Gasteiger partial charge in [-0.05, 0) is 6.07 Å². The van der Waals surface area contributed by atoms with E-state index in [9.17, 15) is 0 Å². The van der Waals surface area contributed by atoms with Crippen LogP contribution in [-0.4, -0.2) is 27.9 Å². The Morgan fingerprint density at radius 1 is 1.00 bits per heavy atom. The van der Waals surface area contributed by atoms with Crippen LogP contribution < -0.4 is 25.7 Å². The summed E-state index contributed by atoms with van der Waals surface area (Å²) < 4.78 is 15.6. The van der Waals surface area contributed by atoms with Crippen LogP contribution in [0.3, 0.4) is 0 Å². The highest BCUT2D eigenvalue weighted by atomic mass is 16.5. The van der Waals surface area contributed by atoms with Crippen molar-refractivity contribution >= 4 is 0 Å². The van der Waals surface area contributed by atoms with Gasteiger partial charge < -0.3 is 25.7 Å². The molecular formula is C11H18N2O3. The number of methoxy groups -OCH3 is 3. The van der Waals surface area contributed by atoms with E-state index in [0.29, 0.717) is 23.8 Å². The van der Waals surface area contributed by atoms with Gasteiger partial charge in [0, 0.05) is 24.2 Å². The predicted molar refractivity (Wildman–Crippen MR) is 62.1 cm³/mol. The Labute approximate surface area is 95.3 Å². The molecule has 1 unspecified atom stereocenters. The molecule has 0 fully saturated rings. The third-order valence-corrected chi connectivity index (χ3v) is 2.39. The molecule has 0 aromatic heterocycles. The Morgan fingerprint density at radius 3 is 1.94 bits per heavy atom. The maximum Gasteiger partial charge on any atom is 0.164 e. The molecule has 5 nitrogen and oxygen atoms in total. The van der Waals surface area contributed by atoms with Gasteiger partial charge in [-0.2, -0.15) is 0 Å². The summed E-state index contributed by atoms with van der Waals surface area (Å²) in [5.41, 5.74) is 12.2. The SMILES string of the molecule is COc1cc(OC)c(C(N)CN)cc1OC. The number of nitrogens with two attached hydrogens (primary N) is 2. The largest absolute Gasteiger partial charge is 0.496 e. The fourth-order valence-corrected chi connectivity index (χ4v) is 1.47. The minimum atomic E-state index is -0.283. The molecule has 0 saturated carbocycles. The summed E-state index contributed by atoms with van der Waals surface area (Å²) in [5.74, 6) is 1.87. The molecule has 0 amide bonds. The van der Waals surface area contributed by atoms with Crippen molar-refractivity contribution < 1.29 is 14.2 Å². The third kappa shape index (κ3) is 2.37. The Kier molecular flexibility index (Phi) is 4.39. The molecule has 0 bridgehead atoms. The standard InChI is InChI=1S/C11H18N2O3/c1-14-9-5-11(16-3)10(15-2)4-7(9)8(13)6-12/h4-5,8H,6,12-13H2,1-3H3. The maximum atomic E-state index is 5.88. The Hall–Kier alpha value is -1.46. The zero-order valence-electron chi connectivity index (χ0n) is 9.82. The lowest BCUT2D eigenvalue weighted by atomic mass is 10.1. The lowest BCUT2D eigenvalue weighted by molar-refractivity contribution is 0.346. The van der Waals surface area contributed by atoms with Gasteiger partial charge in [0.2, 0.25) is 0 Å². The average molecular weight is 226 g/mol. The number of benzene rings is 1. The summed E-state index contributed by atoms with van der Waals surface area (Å²) in [7, 11) is 4.72. The van der Waals surface area contributed by atoms with Gasteiger partial charge in [0.15, 0.2) is 11.5 Å². The molecule has 1 atom stereocenters. The van der Waals surface area contributed by atoms with Gasteiger partial charge in [-0.25, -0.2) is 0 Å². The number of rotatable bonds is 5. The second-order valence-corrected chi connectivity index (χ2v) is 3.29. The van der Waals surface area contributed by atoms with Crippen molar-refractivity contribution in [3.05, 3.63) is 17.7 Å². The van der Waals surface area contributed by atoms with Crippen LogP contribution in [-0.2, 0) is 0 Å². The molecule has 90 valence electrons. The van der Waals surface area contributed by atoms with Crippen molar-refractivity contribution in [1.29, 1.82) is 0 Å². The number of hydrogen-bond acceptors (Lipinski definition) is 5. The van der Waals surface area contributed by atoms with Crippen molar-refractivity contribution in [2.75, 3.05) is 27.9 Å². The minimum Gasteiger partial charge on any atom is -0.496 e. The minimum absolute atomic E-state index is 0.283. The van der Waals surface area contributed by atoms with Crippen LogP contribution in [0.4, 0.5) is 0 Å². The van der Waals surface area contributed by atoms with Crippen molar-refractivity contribution in [1.82, 2.24) is 0 Å². The fourth-order valence-electron chi connectivity index (χ4n) is 1.47. The fraction of sp³-hybridized carbons (Fsp3) is 0.455. The topological polar surface area (TPSA) is 79.7 Å². The van der Waals surface area contributed by atoms with E-state index < -0.39 is 0 Å². The molecule has 0 radical (unpaired) electrons. The summed E-state index contributed by atoms with van der Waals surface area (Å²) >= 11 is 0. The van der Waals surface area contributed by atoms with Gasteiger partial charge in [0.1, 0.15) is 5.75 Å². The average Bonchev–Trinajstić information content (AvgIpc) is 2.35. The molecule has 1 rings (SSSR count). The molecule has 0 spiro atoms. The van der Waals surface area contributed by atoms with Crippen molar-refractivity contribution in [3.63, 3.8) is 0 Å². The highest BCUT2D eigenvalue weighted by Crippen LogP contribution is 2.36. The van der Waals surface area contributed by atoms with E-state index >= 15 is 0 Å². The van der Waals surface area contributed by atoms with Crippen LogP contribution in [0, 0.1) is 0 Å². The molecule has 0 heterocycles. The number of ether oxygens (including phenoxy) is 3. The first-order valence-electron chi connectivity index (χ1n) is 4.93. The predicted octanol–water partition coefficient (Wildman–Crippen LogP) is 0.671. The normalized spacial score (nSPS) is 12.1. The molecule has 0 aliphatic rings. The van der Waals surface area contributed by atoms with Crippen LogP contribution in [0.25, 0.3) is 0 Å². The first-order chi connectivity index (χ1) is 7.67. The Balaban J connectivity index is 3.25. The maximum absolute atomic E-state index is 5.88. The van der Waals surface area contributed by atoms with Gasteiger partial charge >= 0.3 is 0 Å². The molecule has 0 saturated heterocycles. The van der Waals surface area contributed by atoms with Crippen LogP contribution in [0.15, 0.2) is 12.1 Å². The van der Waals surface area contributed by atoms with Crippen LogP contribution in [0.1, 0.15) is 11.6 Å². The summed E-state index contributed by atoms with van der Waals surface area (Å²) in [4.78, 5) is 0. The third-order valence-electron chi connectivity index (χ3n) is 2.39. The van der Waals surface area contributed by atoms with E-state index in [-0.39, 0.29) is 6.04 Å². The van der Waals surface area contributed by atoms with Gasteiger partial charge in [-0.3, -0.25) is 0 Å². The van der Waals surface area contributed by atoms with Gasteiger partial charge in [-0.15, -0.1) is 0 Å². The Morgan fingerprint density at radius 2 is 1.50 bits per heavy atom. The molecule has 0 aliphatic heterocycles. The first kappa shape index (κ1) is 12.6. The lowest BCUT2D eigenvalue weighted by Gasteiger charge is -2.17. The van der Waals surface area contributed by atoms with Gasteiger partial charge in [-0.1, -0.05) is 0 Å². The van der Waals surface area contributed by atoms with E-state index in [1.54, 1.807) is 33.5 Å². The van der Waals surface area contributed by atoms with Crippen LogP contribution in [0.5, 0.6) is 17.2 Å². The van der Waals surface area contributed by atoms with E-state index in [1.165, 1.54) is 0 Å². The van der Waals surface area contributed by atoms with Crippen LogP contribution in [0.2, 0.25) is 0 Å². The van der Waals surface area contributed by atoms with E-state index in [4.69, 9.17) is 25.7 Å². The summed E-state index contributed by atoms with van der Waals surface area (Å²) in [6.07, 6.45) is 0. The second kappa shape index (κ2) is 5.58. The van der Waals surface area contributed by atoms with E-state index in [2.05, 4.69) is 0 Å². The second-order valence-electron chi connectivity index (χ2n) is 3.29. The monoisotopic (exact) mass is 226 g/mol. The quantitative estimate of drug-likeness (QED) is 0.771. The highest BCUT2D eigenvalue weighted by molar-refractivity contribution is 5.51. The van der Waals surface area contributed by atoms with Crippen LogP contribution >= 0.6 is 0 Å². The van der Waals surface area contributed by atoms with Gasteiger partial charge in [0.05, 0.1) is 21.3 Å². The first-order valence-corrected chi connectivity index (χ1v) is 4.93. The van der Waals surface area contributed by atoms with E-state index in [0.717, 1.165) is 5.56 Å². The van der Waals surface area contributed by atoms with Crippen molar-refractivity contribution in [3.8, 4) is 17.2 Å². The summed E-state index contributed by atoms with van der Waals surface area (Å²) in [6.45, 7) is 0.339. The zero-order chi connectivity index (χ0) is 12.1. The molecule has 1 aromatic rings. The summed E-state index contributed by atoms with van der Waals surface area (Å²) in [5, 5.41) is 0.